The Kier molecular flexibility index (Phi) is 74.3. The molecule has 0 aliphatic rings. The van der Waals surface area contributed by atoms with Crippen molar-refractivity contribution in [3.63, 3.8) is 0 Å². The Balaban J connectivity index is -0.00000136. The number of hydrogen-bond donors (Lipinski definition) is 0. The van der Waals surface area contributed by atoms with E-state index in [0.29, 0.717) is 26.1 Å². The van der Waals surface area contributed by atoms with Crippen LogP contribution in [0, 0.1) is 0 Å². The average molecular weight is 1090 g/mol. The molecule has 0 aliphatic carbocycles. The van der Waals surface area contributed by atoms with Gasteiger partial charge >= 0.3 is 49.7 Å². The van der Waals surface area contributed by atoms with Crippen LogP contribution >= 0.6 is 0 Å². The van der Waals surface area contributed by atoms with E-state index in [-0.39, 0.29) is 62.5 Å². The van der Waals surface area contributed by atoms with Crippen LogP contribution in [0.5, 0.6) is 0 Å². The van der Waals surface area contributed by atoms with Crippen molar-refractivity contribution in [2.75, 3.05) is 13.2 Å². The van der Waals surface area contributed by atoms with Gasteiger partial charge in [-0.1, -0.05) is 322 Å². The van der Waals surface area contributed by atoms with Crippen LogP contribution in [0.15, 0.2) is 0 Å². The smallest absolute Gasteiger partial charge is 0.550 e. The van der Waals surface area contributed by atoms with Gasteiger partial charge in [0.25, 0.3) is 0 Å². The number of carboxylic acid groups (broad SMARTS) is 2. The molecule has 0 N–H and O–H groups in total. The third kappa shape index (κ3) is 77.4. The quantitative estimate of drug-likeness (QED) is 0.0334. The molecule has 0 rings (SSSR count). The molecule has 0 atom stereocenters. The monoisotopic (exact) mass is 1090 g/mol. The number of aliphatic carboxylic acids is 2. The number of carboxylic acids is 2. The van der Waals surface area contributed by atoms with Gasteiger partial charge in [0.15, 0.2) is 0 Å². The molecule has 440 valence electrons. The van der Waals surface area contributed by atoms with Crippen molar-refractivity contribution in [3.8, 4) is 0 Å². The summed E-state index contributed by atoms with van der Waals surface area (Å²) >= 11 is 0. The first-order valence-electron chi connectivity index (χ1n) is 33.0. The first-order chi connectivity index (χ1) is 36.3. The van der Waals surface area contributed by atoms with Gasteiger partial charge in [-0.25, -0.2) is 0 Å². The zero-order chi connectivity index (χ0) is 54.2. The van der Waals surface area contributed by atoms with Crippen molar-refractivity contribution in [2.45, 2.75) is 386 Å². The van der Waals surface area contributed by atoms with Crippen molar-refractivity contribution < 1.29 is 38.9 Å². The van der Waals surface area contributed by atoms with Crippen LogP contribution in [0.1, 0.15) is 386 Å². The van der Waals surface area contributed by atoms with E-state index in [1.54, 1.807) is 0 Å². The van der Waals surface area contributed by atoms with E-state index in [1.165, 1.54) is 283 Å². The van der Waals surface area contributed by atoms with E-state index in [9.17, 15) is 29.4 Å². The molecule has 0 bridgehead atoms. The predicted molar refractivity (Wildman–Crippen MR) is 317 cm³/mol. The van der Waals surface area contributed by atoms with Gasteiger partial charge in [-0.05, 0) is 51.4 Å². The van der Waals surface area contributed by atoms with Gasteiger partial charge in [-0.2, -0.15) is 0 Å². The molecular formula is C66H126CaO8. The van der Waals surface area contributed by atoms with E-state index < -0.39 is 11.9 Å². The fourth-order valence-corrected chi connectivity index (χ4v) is 10.1. The van der Waals surface area contributed by atoms with Crippen LogP contribution in [0.3, 0.4) is 0 Å². The van der Waals surface area contributed by atoms with Gasteiger partial charge in [0.05, 0.1) is 13.2 Å². The van der Waals surface area contributed by atoms with Gasteiger partial charge in [0, 0.05) is 24.8 Å². The van der Waals surface area contributed by atoms with Crippen molar-refractivity contribution in [1.29, 1.82) is 0 Å². The Hall–Kier alpha value is -0.860. The van der Waals surface area contributed by atoms with Crippen molar-refractivity contribution in [2.24, 2.45) is 0 Å². The maximum absolute atomic E-state index is 11.9. The number of carbonyl (C=O) groups is 4. The number of ether oxygens (including phenoxy) is 2. The van der Waals surface area contributed by atoms with Gasteiger partial charge < -0.3 is 29.3 Å². The number of carbonyl (C=O) groups excluding carboxylic acids is 4. The Morgan fingerprint density at radius 2 is 0.373 bits per heavy atom. The summed E-state index contributed by atoms with van der Waals surface area (Å²) in [6.45, 7) is 5.75. The topological polar surface area (TPSA) is 133 Å². The van der Waals surface area contributed by atoms with Crippen molar-refractivity contribution in [1.82, 2.24) is 0 Å². The second kappa shape index (κ2) is 71.2. The van der Waals surface area contributed by atoms with E-state index in [0.717, 1.165) is 64.2 Å². The number of rotatable bonds is 62. The molecule has 8 nitrogen and oxygen atoms in total. The molecule has 0 amide bonds. The molecule has 0 saturated heterocycles. The van der Waals surface area contributed by atoms with E-state index >= 15 is 0 Å². The summed E-state index contributed by atoms with van der Waals surface area (Å²) in [5, 5.41) is 20.7. The SMILES string of the molecule is CCCCCCCCCCCCCCC(=O)OCCCCCCCCCCCCCCCCCC(=O)[O-].CCCCCCCCCCCCCCC(=O)OCCCCCCCCCCCCCCCCCC(=O)[O-].[Ca+2]. The zero-order valence-electron chi connectivity index (χ0n) is 50.4. The van der Waals surface area contributed by atoms with E-state index in [2.05, 4.69) is 13.8 Å². The zero-order valence-corrected chi connectivity index (χ0v) is 52.6. The molecule has 0 aliphatic heterocycles. The largest absolute Gasteiger partial charge is 2.00 e. The second-order valence-corrected chi connectivity index (χ2v) is 22.6. The first kappa shape index (κ1) is 78.4. The standard InChI is InChI=1S/2C33H64O4.Ca/c2*1-2-3-4-5-6-7-8-15-18-21-24-27-30-33(36)37-31-28-25-22-19-16-13-11-9-10-12-14-17-20-23-26-29-32(34)35;/h2*2-31H2,1H3,(H,34,35);/q;;+2/p-2. The normalized spacial score (nSPS) is 11.0. The first-order valence-corrected chi connectivity index (χ1v) is 33.0. The third-order valence-electron chi connectivity index (χ3n) is 15.0. The molecule has 0 radical (unpaired) electrons. The van der Waals surface area contributed by atoms with E-state index in [1.807, 2.05) is 0 Å². The van der Waals surface area contributed by atoms with Crippen molar-refractivity contribution >= 4 is 61.6 Å². The number of unbranched alkanes of at least 4 members (excludes halogenated alkanes) is 50. The maximum Gasteiger partial charge on any atom is 2.00 e. The molecule has 0 saturated carbocycles. The second-order valence-electron chi connectivity index (χ2n) is 22.6. The predicted octanol–water partition coefficient (Wildman–Crippen LogP) is 18.8. The van der Waals surface area contributed by atoms with Gasteiger partial charge in [-0.3, -0.25) is 9.59 Å². The molecule has 0 unspecified atom stereocenters. The molecule has 0 spiro atoms. The summed E-state index contributed by atoms with van der Waals surface area (Å²) in [7, 11) is 0. The van der Waals surface area contributed by atoms with Crippen LogP contribution in [0.25, 0.3) is 0 Å². The molecular weight excluding hydrogens is 961 g/mol. The van der Waals surface area contributed by atoms with Crippen LogP contribution in [-0.4, -0.2) is 74.8 Å². The Morgan fingerprint density at radius 3 is 0.547 bits per heavy atom. The summed E-state index contributed by atoms with van der Waals surface area (Å²) in [5.41, 5.74) is 0. The summed E-state index contributed by atoms with van der Waals surface area (Å²) in [5.74, 6) is -1.83. The number of hydrogen-bond acceptors (Lipinski definition) is 8. The van der Waals surface area contributed by atoms with Crippen LogP contribution in [0.4, 0.5) is 0 Å². The summed E-state index contributed by atoms with van der Waals surface area (Å²) in [6.07, 6.45) is 69.8. The van der Waals surface area contributed by atoms with Crippen LogP contribution < -0.4 is 10.2 Å². The fourth-order valence-electron chi connectivity index (χ4n) is 10.1. The average Bonchev–Trinajstić information content (AvgIpc) is 3.38. The summed E-state index contributed by atoms with van der Waals surface area (Å²) in [6, 6.07) is 0. The van der Waals surface area contributed by atoms with Gasteiger partial charge in [0.2, 0.25) is 0 Å². The minimum atomic E-state index is -0.916. The maximum atomic E-state index is 11.9. The molecule has 0 fully saturated rings. The van der Waals surface area contributed by atoms with Gasteiger partial charge in [0.1, 0.15) is 0 Å². The Bertz CT molecular complexity index is 1050. The van der Waals surface area contributed by atoms with Crippen molar-refractivity contribution in [3.05, 3.63) is 0 Å². The Morgan fingerprint density at radius 1 is 0.227 bits per heavy atom. The Labute approximate surface area is 496 Å². The molecule has 75 heavy (non-hydrogen) atoms. The minimum absolute atomic E-state index is 0. The molecule has 0 aromatic heterocycles. The fraction of sp³-hybridized carbons (Fsp3) is 0.939. The molecule has 0 aromatic rings. The van der Waals surface area contributed by atoms with E-state index in [4.69, 9.17) is 9.47 Å². The van der Waals surface area contributed by atoms with Crippen LogP contribution in [0.2, 0.25) is 0 Å². The third-order valence-corrected chi connectivity index (χ3v) is 15.0. The van der Waals surface area contributed by atoms with Crippen LogP contribution in [-0.2, 0) is 28.7 Å². The molecule has 0 aromatic carbocycles. The molecule has 9 heteroatoms. The van der Waals surface area contributed by atoms with Gasteiger partial charge in [-0.15, -0.1) is 0 Å². The number of esters is 2. The summed E-state index contributed by atoms with van der Waals surface area (Å²) < 4.78 is 10.8. The molecule has 0 heterocycles. The minimum Gasteiger partial charge on any atom is -0.550 e. The summed E-state index contributed by atoms with van der Waals surface area (Å²) in [4.78, 5) is 44.4.